The smallest absolute Gasteiger partial charge is 0.255 e. The highest BCUT2D eigenvalue weighted by atomic mass is 16.5. The van der Waals surface area contributed by atoms with Crippen LogP contribution in [0.25, 0.3) is 0 Å². The largest absolute Gasteiger partial charge is 0.493 e. The van der Waals surface area contributed by atoms with Crippen molar-refractivity contribution in [2.24, 2.45) is 0 Å². The fourth-order valence-electron chi connectivity index (χ4n) is 2.04. The van der Waals surface area contributed by atoms with Crippen LogP contribution in [0.5, 0.6) is 11.5 Å². The topological polar surface area (TPSA) is 79.9 Å². The molecular weight excluding hydrogens is 298 g/mol. The average molecular weight is 323 g/mol. The first-order valence-corrected chi connectivity index (χ1v) is 7.36. The normalized spacial score (nSPS) is 10.1. The van der Waals surface area contributed by atoms with E-state index in [-0.39, 0.29) is 11.8 Å². The van der Waals surface area contributed by atoms with E-state index in [2.05, 4.69) is 10.6 Å². The molecule has 0 aliphatic carbocycles. The monoisotopic (exact) mass is 323 g/mol. The highest BCUT2D eigenvalue weighted by Gasteiger charge is 2.19. The molecule has 0 aliphatic heterocycles. The molecule has 2 N–H and O–H groups in total. The molecule has 0 heterocycles. The molecule has 0 atom stereocenters. The molecule has 1 aromatic carbocycles. The summed E-state index contributed by atoms with van der Waals surface area (Å²) in [6.45, 7) is 0.753. The van der Waals surface area contributed by atoms with Crippen molar-refractivity contribution >= 4 is 17.5 Å². The quantitative estimate of drug-likeness (QED) is 0.706. The van der Waals surface area contributed by atoms with E-state index in [1.807, 2.05) is 7.05 Å². The van der Waals surface area contributed by atoms with Gasteiger partial charge in [-0.25, -0.2) is 0 Å². The molecule has 23 heavy (non-hydrogen) atoms. The number of nitrogens with zero attached hydrogens (tertiary/aromatic N) is 1. The predicted octanol–water partition coefficient (Wildman–Crippen LogP) is 1.34. The van der Waals surface area contributed by atoms with Gasteiger partial charge in [-0.1, -0.05) is 0 Å². The van der Waals surface area contributed by atoms with Crippen LogP contribution in [-0.2, 0) is 4.79 Å². The van der Waals surface area contributed by atoms with Crippen molar-refractivity contribution in [2.45, 2.75) is 12.8 Å². The lowest BCUT2D eigenvalue weighted by Gasteiger charge is -2.18. The summed E-state index contributed by atoms with van der Waals surface area (Å²) in [7, 11) is 8.14. The van der Waals surface area contributed by atoms with E-state index in [0.717, 1.165) is 6.54 Å². The lowest BCUT2D eigenvalue weighted by molar-refractivity contribution is -0.116. The molecule has 0 saturated heterocycles. The van der Waals surface area contributed by atoms with Gasteiger partial charge in [0.25, 0.3) is 5.91 Å². The minimum atomic E-state index is -0.225. The van der Waals surface area contributed by atoms with Crippen LogP contribution in [-0.4, -0.2) is 58.6 Å². The zero-order chi connectivity index (χ0) is 17.4. The number of hydrogen-bond donors (Lipinski definition) is 2. The van der Waals surface area contributed by atoms with E-state index in [4.69, 9.17) is 9.47 Å². The van der Waals surface area contributed by atoms with Crippen molar-refractivity contribution in [1.82, 2.24) is 10.2 Å². The van der Waals surface area contributed by atoms with E-state index in [0.29, 0.717) is 35.6 Å². The zero-order valence-corrected chi connectivity index (χ0v) is 14.4. The third kappa shape index (κ3) is 5.14. The van der Waals surface area contributed by atoms with Crippen molar-refractivity contribution in [1.29, 1.82) is 0 Å². The van der Waals surface area contributed by atoms with Gasteiger partial charge in [-0.05, 0) is 26.1 Å². The fourth-order valence-corrected chi connectivity index (χ4v) is 2.04. The Bertz CT molecular complexity index is 559. The molecule has 0 aromatic heterocycles. The number of nitrogens with one attached hydrogen (secondary N) is 2. The Kier molecular flexibility index (Phi) is 7.34. The first kappa shape index (κ1) is 18.8. The van der Waals surface area contributed by atoms with Crippen LogP contribution in [0.1, 0.15) is 23.2 Å². The van der Waals surface area contributed by atoms with Crippen LogP contribution in [0.4, 0.5) is 5.69 Å². The Morgan fingerprint density at radius 3 is 2.26 bits per heavy atom. The summed E-state index contributed by atoms with van der Waals surface area (Å²) in [6, 6.07) is 3.18. The molecule has 7 heteroatoms. The average Bonchev–Trinajstić information content (AvgIpc) is 2.53. The van der Waals surface area contributed by atoms with Gasteiger partial charge >= 0.3 is 0 Å². The van der Waals surface area contributed by atoms with Crippen LogP contribution in [0.15, 0.2) is 12.1 Å². The van der Waals surface area contributed by atoms with Crippen molar-refractivity contribution in [2.75, 3.05) is 47.2 Å². The van der Waals surface area contributed by atoms with Crippen molar-refractivity contribution in [3.05, 3.63) is 17.7 Å². The minimum absolute atomic E-state index is 0.153. The summed E-state index contributed by atoms with van der Waals surface area (Å²) < 4.78 is 10.5. The number of rotatable bonds is 8. The maximum atomic E-state index is 12.3. The highest BCUT2D eigenvalue weighted by molar-refractivity contribution is 6.04. The highest BCUT2D eigenvalue weighted by Crippen LogP contribution is 2.34. The number of carbonyl (C=O) groups excluding carboxylic acids is 2. The van der Waals surface area contributed by atoms with Gasteiger partial charge in [-0.2, -0.15) is 0 Å². The van der Waals surface area contributed by atoms with Crippen LogP contribution in [0.2, 0.25) is 0 Å². The molecule has 1 rings (SSSR count). The molecule has 0 unspecified atom stereocenters. The summed E-state index contributed by atoms with van der Waals surface area (Å²) in [4.78, 5) is 25.8. The van der Waals surface area contributed by atoms with Crippen molar-refractivity contribution in [3.8, 4) is 11.5 Å². The van der Waals surface area contributed by atoms with Gasteiger partial charge in [-0.3, -0.25) is 9.59 Å². The van der Waals surface area contributed by atoms with Gasteiger partial charge in [0.05, 0.1) is 25.5 Å². The molecule has 2 amide bonds. The molecule has 128 valence electrons. The number of amides is 2. The minimum Gasteiger partial charge on any atom is -0.493 e. The summed E-state index contributed by atoms with van der Waals surface area (Å²) in [6.07, 6.45) is 1.08. The summed E-state index contributed by atoms with van der Waals surface area (Å²) in [5.41, 5.74) is 0.769. The van der Waals surface area contributed by atoms with E-state index in [9.17, 15) is 9.59 Å². The number of anilines is 1. The Morgan fingerprint density at radius 2 is 1.74 bits per heavy atom. The third-order valence-electron chi connectivity index (χ3n) is 3.27. The van der Waals surface area contributed by atoms with Crippen LogP contribution >= 0.6 is 0 Å². The molecule has 0 saturated carbocycles. The van der Waals surface area contributed by atoms with Gasteiger partial charge in [0, 0.05) is 26.6 Å². The second-order valence-electron chi connectivity index (χ2n) is 5.21. The maximum Gasteiger partial charge on any atom is 0.255 e. The second kappa shape index (κ2) is 8.99. The van der Waals surface area contributed by atoms with E-state index in [1.165, 1.54) is 19.1 Å². The van der Waals surface area contributed by atoms with Crippen LogP contribution in [0.3, 0.4) is 0 Å². The lowest BCUT2D eigenvalue weighted by atomic mass is 10.1. The Hall–Kier alpha value is -2.28. The number of benzene rings is 1. The third-order valence-corrected chi connectivity index (χ3v) is 3.27. The van der Waals surface area contributed by atoms with Crippen molar-refractivity contribution in [3.63, 3.8) is 0 Å². The summed E-state index contributed by atoms with van der Waals surface area (Å²) in [5, 5.41) is 5.77. The molecule has 0 spiro atoms. The molecule has 0 fully saturated rings. The van der Waals surface area contributed by atoms with Gasteiger partial charge in [0.1, 0.15) is 0 Å². The molecular formula is C16H25N3O4. The number of carbonyl (C=O) groups is 2. The number of hydrogen-bond acceptors (Lipinski definition) is 5. The molecule has 0 aliphatic rings. The van der Waals surface area contributed by atoms with Gasteiger partial charge in [-0.15, -0.1) is 0 Å². The van der Waals surface area contributed by atoms with E-state index >= 15 is 0 Å². The van der Waals surface area contributed by atoms with Gasteiger partial charge in [0.15, 0.2) is 11.5 Å². The predicted molar refractivity (Wildman–Crippen MR) is 89.4 cm³/mol. The zero-order valence-electron chi connectivity index (χ0n) is 14.4. The fraction of sp³-hybridized carbons (Fsp3) is 0.500. The summed E-state index contributed by atoms with van der Waals surface area (Å²) in [5.74, 6) is 0.510. The standard InChI is InChI=1S/C16H25N3O4/c1-17-8-6-7-15(20)18-12-10-14(23-5)13(22-4)9-11(12)16(21)19(2)3/h9-10,17H,6-8H2,1-5H3,(H,18,20). The van der Waals surface area contributed by atoms with Gasteiger partial charge in [0.2, 0.25) is 5.91 Å². The lowest BCUT2D eigenvalue weighted by Crippen LogP contribution is -2.24. The molecule has 0 bridgehead atoms. The second-order valence-corrected chi connectivity index (χ2v) is 5.21. The summed E-state index contributed by atoms with van der Waals surface area (Å²) >= 11 is 0. The van der Waals surface area contributed by atoms with E-state index < -0.39 is 0 Å². The maximum absolute atomic E-state index is 12.3. The molecule has 0 radical (unpaired) electrons. The Morgan fingerprint density at radius 1 is 1.13 bits per heavy atom. The van der Waals surface area contributed by atoms with Gasteiger partial charge < -0.3 is 25.0 Å². The van der Waals surface area contributed by atoms with Crippen LogP contribution < -0.4 is 20.1 Å². The molecule has 7 nitrogen and oxygen atoms in total. The van der Waals surface area contributed by atoms with Crippen molar-refractivity contribution < 1.29 is 19.1 Å². The SMILES string of the molecule is CNCCCC(=O)Nc1cc(OC)c(OC)cc1C(=O)N(C)C. The molecule has 1 aromatic rings. The van der Waals surface area contributed by atoms with Crippen LogP contribution in [0, 0.1) is 0 Å². The Balaban J connectivity index is 3.11. The number of ether oxygens (including phenoxy) is 2. The first-order valence-electron chi connectivity index (χ1n) is 7.36. The first-order chi connectivity index (χ1) is 10.9. The Labute approximate surface area is 136 Å². The number of methoxy groups -OCH3 is 2. The van der Waals surface area contributed by atoms with E-state index in [1.54, 1.807) is 26.2 Å².